The van der Waals surface area contributed by atoms with Crippen LogP contribution in [0.25, 0.3) is 0 Å². The zero-order chi connectivity index (χ0) is 12.4. The highest BCUT2D eigenvalue weighted by Crippen LogP contribution is 2.37. The Morgan fingerprint density at radius 2 is 1.78 bits per heavy atom. The third-order valence-corrected chi connectivity index (χ3v) is 4.66. The van der Waals surface area contributed by atoms with Crippen molar-refractivity contribution < 1.29 is 5.11 Å². The maximum Gasteiger partial charge on any atom is 0.0771 e. The standard InChI is InChI=1S/C16H23NO/c18-16(8-4-5-9-16)12-17-15-10-14(11-15)13-6-2-1-3-7-13/h1-3,6-7,14-15,17-18H,4-5,8-12H2. The van der Waals surface area contributed by atoms with Gasteiger partial charge in [0, 0.05) is 12.6 Å². The third-order valence-electron chi connectivity index (χ3n) is 4.66. The molecule has 1 aromatic carbocycles. The Morgan fingerprint density at radius 1 is 1.11 bits per heavy atom. The molecular weight excluding hydrogens is 222 g/mol. The van der Waals surface area contributed by atoms with Gasteiger partial charge in [-0.3, -0.25) is 0 Å². The van der Waals surface area contributed by atoms with Gasteiger partial charge in [0.15, 0.2) is 0 Å². The van der Waals surface area contributed by atoms with Crippen molar-refractivity contribution in [1.29, 1.82) is 0 Å². The number of hydrogen-bond acceptors (Lipinski definition) is 2. The van der Waals surface area contributed by atoms with Gasteiger partial charge in [0.05, 0.1) is 5.60 Å². The van der Waals surface area contributed by atoms with E-state index in [9.17, 15) is 5.11 Å². The second kappa shape index (κ2) is 5.02. The molecule has 2 aliphatic rings. The molecular formula is C16H23NO. The largest absolute Gasteiger partial charge is 0.389 e. The lowest BCUT2D eigenvalue weighted by Crippen LogP contribution is -2.47. The fourth-order valence-electron chi connectivity index (χ4n) is 3.33. The molecule has 2 nitrogen and oxygen atoms in total. The Labute approximate surface area is 109 Å². The molecule has 2 aliphatic carbocycles. The van der Waals surface area contributed by atoms with Gasteiger partial charge in [-0.05, 0) is 37.2 Å². The summed E-state index contributed by atoms with van der Waals surface area (Å²) in [5.41, 5.74) is 1.06. The van der Waals surface area contributed by atoms with E-state index in [0.29, 0.717) is 6.04 Å². The van der Waals surface area contributed by atoms with Crippen molar-refractivity contribution in [2.45, 2.75) is 56.1 Å². The van der Waals surface area contributed by atoms with E-state index in [1.807, 2.05) is 0 Å². The summed E-state index contributed by atoms with van der Waals surface area (Å²) in [4.78, 5) is 0. The predicted octanol–water partition coefficient (Wildman–Crippen LogP) is 2.83. The molecule has 0 saturated heterocycles. The van der Waals surface area contributed by atoms with Crippen LogP contribution < -0.4 is 5.32 Å². The van der Waals surface area contributed by atoms with Crippen LogP contribution in [0.15, 0.2) is 30.3 Å². The highest BCUT2D eigenvalue weighted by Gasteiger charge is 2.35. The van der Waals surface area contributed by atoms with Crippen molar-refractivity contribution in [3.8, 4) is 0 Å². The van der Waals surface area contributed by atoms with Gasteiger partial charge in [-0.25, -0.2) is 0 Å². The van der Waals surface area contributed by atoms with E-state index in [1.165, 1.54) is 31.2 Å². The van der Waals surface area contributed by atoms with E-state index in [0.717, 1.165) is 25.3 Å². The maximum atomic E-state index is 10.3. The minimum absolute atomic E-state index is 0.405. The number of rotatable bonds is 4. The smallest absolute Gasteiger partial charge is 0.0771 e. The number of benzene rings is 1. The Bertz CT molecular complexity index is 377. The summed E-state index contributed by atoms with van der Waals surface area (Å²) < 4.78 is 0. The second-order valence-electron chi connectivity index (χ2n) is 6.09. The first-order valence-electron chi connectivity index (χ1n) is 7.26. The summed E-state index contributed by atoms with van der Waals surface area (Å²) in [7, 11) is 0. The Kier molecular flexibility index (Phi) is 3.40. The molecule has 98 valence electrons. The van der Waals surface area contributed by atoms with Crippen LogP contribution in [0.1, 0.15) is 50.0 Å². The molecule has 2 heteroatoms. The van der Waals surface area contributed by atoms with Gasteiger partial charge in [0.2, 0.25) is 0 Å². The molecule has 0 radical (unpaired) electrons. The molecule has 18 heavy (non-hydrogen) atoms. The Balaban J connectivity index is 1.43. The molecule has 0 heterocycles. The number of aliphatic hydroxyl groups is 1. The topological polar surface area (TPSA) is 32.3 Å². The van der Waals surface area contributed by atoms with Crippen LogP contribution in [-0.4, -0.2) is 23.3 Å². The van der Waals surface area contributed by atoms with Crippen LogP contribution >= 0.6 is 0 Å². The van der Waals surface area contributed by atoms with Crippen molar-refractivity contribution in [3.63, 3.8) is 0 Å². The van der Waals surface area contributed by atoms with Crippen LogP contribution in [0.3, 0.4) is 0 Å². The van der Waals surface area contributed by atoms with E-state index < -0.39 is 5.60 Å². The van der Waals surface area contributed by atoms with Crippen LogP contribution in [0.4, 0.5) is 0 Å². The van der Waals surface area contributed by atoms with E-state index in [2.05, 4.69) is 35.6 Å². The molecule has 0 atom stereocenters. The van der Waals surface area contributed by atoms with Crippen molar-refractivity contribution in [1.82, 2.24) is 5.32 Å². The molecule has 1 aromatic rings. The molecule has 2 N–H and O–H groups in total. The molecule has 0 unspecified atom stereocenters. The van der Waals surface area contributed by atoms with E-state index in [1.54, 1.807) is 0 Å². The fourth-order valence-corrected chi connectivity index (χ4v) is 3.33. The quantitative estimate of drug-likeness (QED) is 0.855. The SMILES string of the molecule is OC1(CNC2CC(c3ccccc3)C2)CCCC1. The Hall–Kier alpha value is -0.860. The molecule has 2 fully saturated rings. The van der Waals surface area contributed by atoms with Crippen LogP contribution in [0, 0.1) is 0 Å². The van der Waals surface area contributed by atoms with Gasteiger partial charge in [-0.2, -0.15) is 0 Å². The van der Waals surface area contributed by atoms with Crippen molar-refractivity contribution in [3.05, 3.63) is 35.9 Å². The van der Waals surface area contributed by atoms with Gasteiger partial charge in [0.1, 0.15) is 0 Å². The predicted molar refractivity (Wildman–Crippen MR) is 73.6 cm³/mol. The average Bonchev–Trinajstić information content (AvgIpc) is 2.76. The summed E-state index contributed by atoms with van der Waals surface area (Å²) in [5.74, 6) is 0.724. The van der Waals surface area contributed by atoms with Crippen molar-refractivity contribution >= 4 is 0 Å². The summed E-state index contributed by atoms with van der Waals surface area (Å²) in [6, 6.07) is 11.4. The van der Waals surface area contributed by atoms with Crippen molar-refractivity contribution in [2.75, 3.05) is 6.54 Å². The van der Waals surface area contributed by atoms with Gasteiger partial charge in [-0.1, -0.05) is 43.2 Å². The van der Waals surface area contributed by atoms with E-state index in [-0.39, 0.29) is 0 Å². The maximum absolute atomic E-state index is 10.3. The van der Waals surface area contributed by atoms with E-state index >= 15 is 0 Å². The highest BCUT2D eigenvalue weighted by molar-refractivity contribution is 5.22. The summed E-state index contributed by atoms with van der Waals surface area (Å²) in [6.07, 6.45) is 6.79. The lowest BCUT2D eigenvalue weighted by atomic mass is 9.75. The molecule has 0 aliphatic heterocycles. The van der Waals surface area contributed by atoms with Gasteiger partial charge >= 0.3 is 0 Å². The zero-order valence-corrected chi connectivity index (χ0v) is 10.9. The highest BCUT2D eigenvalue weighted by atomic mass is 16.3. The van der Waals surface area contributed by atoms with Gasteiger partial charge in [-0.15, -0.1) is 0 Å². The summed E-state index contributed by atoms with van der Waals surface area (Å²) in [6.45, 7) is 0.791. The second-order valence-corrected chi connectivity index (χ2v) is 6.09. The summed E-state index contributed by atoms with van der Waals surface area (Å²) >= 11 is 0. The molecule has 0 bridgehead atoms. The number of hydrogen-bond donors (Lipinski definition) is 2. The normalized spacial score (nSPS) is 30.1. The number of nitrogens with one attached hydrogen (secondary N) is 1. The first kappa shape index (κ1) is 12.2. The zero-order valence-electron chi connectivity index (χ0n) is 10.9. The van der Waals surface area contributed by atoms with Gasteiger partial charge < -0.3 is 10.4 Å². The molecule has 0 aromatic heterocycles. The molecule has 0 amide bonds. The van der Waals surface area contributed by atoms with E-state index in [4.69, 9.17) is 0 Å². The Morgan fingerprint density at radius 3 is 2.44 bits per heavy atom. The lowest BCUT2D eigenvalue weighted by molar-refractivity contribution is 0.0405. The van der Waals surface area contributed by atoms with Crippen LogP contribution in [-0.2, 0) is 0 Å². The van der Waals surface area contributed by atoms with Gasteiger partial charge in [0.25, 0.3) is 0 Å². The molecule has 2 saturated carbocycles. The minimum Gasteiger partial charge on any atom is -0.389 e. The molecule has 0 spiro atoms. The third kappa shape index (κ3) is 2.60. The average molecular weight is 245 g/mol. The van der Waals surface area contributed by atoms with Crippen LogP contribution in [0.2, 0.25) is 0 Å². The first-order valence-corrected chi connectivity index (χ1v) is 7.26. The monoisotopic (exact) mass is 245 g/mol. The molecule has 3 rings (SSSR count). The summed E-state index contributed by atoms with van der Waals surface area (Å²) in [5, 5.41) is 13.8. The fraction of sp³-hybridized carbons (Fsp3) is 0.625. The first-order chi connectivity index (χ1) is 8.75. The lowest BCUT2D eigenvalue weighted by Gasteiger charge is -2.38. The minimum atomic E-state index is -0.405. The van der Waals surface area contributed by atoms with Crippen LogP contribution in [0.5, 0.6) is 0 Å². The van der Waals surface area contributed by atoms with Crippen molar-refractivity contribution in [2.24, 2.45) is 0 Å².